The SMILES string of the molecule is CC(C)n1ccc(C(=O)NC(c2cccc(F)c2)c2nccn2C)n1. The molecule has 0 spiro atoms. The lowest BCUT2D eigenvalue weighted by atomic mass is 10.1. The van der Waals surface area contributed by atoms with Gasteiger partial charge >= 0.3 is 0 Å². The summed E-state index contributed by atoms with van der Waals surface area (Å²) in [5, 5.41) is 7.19. The molecular formula is C18H20FN5O. The standard InChI is InChI=1S/C18H20FN5O/c1-12(2)24-9-7-15(22-24)18(25)21-16(17-20-8-10-23(17)3)13-5-4-6-14(19)11-13/h4-12,16H,1-3H3,(H,21,25). The normalized spacial score (nSPS) is 12.4. The largest absolute Gasteiger partial charge is 0.337 e. The molecule has 0 saturated heterocycles. The van der Waals surface area contributed by atoms with Crippen molar-refractivity contribution in [3.05, 3.63) is 71.8 Å². The molecule has 0 radical (unpaired) electrons. The highest BCUT2D eigenvalue weighted by Gasteiger charge is 2.23. The number of hydrogen-bond acceptors (Lipinski definition) is 3. The van der Waals surface area contributed by atoms with E-state index in [1.807, 2.05) is 20.9 Å². The van der Waals surface area contributed by atoms with Crippen molar-refractivity contribution in [3.8, 4) is 0 Å². The molecule has 6 nitrogen and oxygen atoms in total. The molecule has 25 heavy (non-hydrogen) atoms. The summed E-state index contributed by atoms with van der Waals surface area (Å²) in [5.74, 6) is -0.0889. The zero-order valence-corrected chi connectivity index (χ0v) is 14.3. The van der Waals surface area contributed by atoms with Gasteiger partial charge in [0, 0.05) is 31.7 Å². The molecule has 1 unspecified atom stereocenters. The van der Waals surface area contributed by atoms with Crippen molar-refractivity contribution in [1.82, 2.24) is 24.6 Å². The number of aryl methyl sites for hydroxylation is 1. The van der Waals surface area contributed by atoms with Gasteiger partial charge in [0.15, 0.2) is 0 Å². The Morgan fingerprint density at radius 1 is 1.24 bits per heavy atom. The Bertz CT molecular complexity index is 883. The molecule has 2 heterocycles. The topological polar surface area (TPSA) is 64.7 Å². The maximum Gasteiger partial charge on any atom is 0.272 e. The first kappa shape index (κ1) is 16.9. The van der Waals surface area contributed by atoms with Crippen LogP contribution in [0, 0.1) is 5.82 Å². The smallest absolute Gasteiger partial charge is 0.272 e. The van der Waals surface area contributed by atoms with Crippen molar-refractivity contribution in [2.24, 2.45) is 7.05 Å². The second-order valence-corrected chi connectivity index (χ2v) is 6.13. The molecule has 0 bridgehead atoms. The van der Waals surface area contributed by atoms with Crippen LogP contribution in [0.2, 0.25) is 0 Å². The zero-order chi connectivity index (χ0) is 18.0. The summed E-state index contributed by atoms with van der Waals surface area (Å²) in [5.41, 5.74) is 0.926. The summed E-state index contributed by atoms with van der Waals surface area (Å²) in [6.45, 7) is 3.97. The second-order valence-electron chi connectivity index (χ2n) is 6.13. The Hall–Kier alpha value is -2.96. The first-order valence-electron chi connectivity index (χ1n) is 8.04. The van der Waals surface area contributed by atoms with Gasteiger partial charge in [-0.3, -0.25) is 9.48 Å². The maximum atomic E-state index is 13.7. The molecule has 1 N–H and O–H groups in total. The van der Waals surface area contributed by atoms with Gasteiger partial charge in [-0.1, -0.05) is 12.1 Å². The number of rotatable bonds is 5. The molecule has 1 atom stereocenters. The van der Waals surface area contributed by atoms with Gasteiger partial charge in [0.05, 0.1) is 0 Å². The molecule has 7 heteroatoms. The Morgan fingerprint density at radius 2 is 2.04 bits per heavy atom. The molecule has 0 aliphatic rings. The van der Waals surface area contributed by atoms with E-state index in [9.17, 15) is 9.18 Å². The first-order valence-corrected chi connectivity index (χ1v) is 8.04. The van der Waals surface area contributed by atoms with Crippen LogP contribution in [-0.2, 0) is 7.05 Å². The van der Waals surface area contributed by atoms with Crippen molar-refractivity contribution in [3.63, 3.8) is 0 Å². The number of imidazole rings is 1. The van der Waals surface area contributed by atoms with Crippen LogP contribution in [-0.4, -0.2) is 25.2 Å². The fraction of sp³-hybridized carbons (Fsp3) is 0.278. The predicted molar refractivity (Wildman–Crippen MR) is 91.5 cm³/mol. The molecule has 3 aromatic rings. The molecule has 0 aliphatic carbocycles. The molecule has 3 rings (SSSR count). The summed E-state index contributed by atoms with van der Waals surface area (Å²) < 4.78 is 17.2. The predicted octanol–water partition coefficient (Wildman–Crippen LogP) is 2.86. The fourth-order valence-corrected chi connectivity index (χ4v) is 2.59. The highest BCUT2D eigenvalue weighted by atomic mass is 19.1. The van der Waals surface area contributed by atoms with Gasteiger partial charge in [-0.2, -0.15) is 5.10 Å². The van der Waals surface area contributed by atoms with Crippen LogP contribution in [0.4, 0.5) is 4.39 Å². The monoisotopic (exact) mass is 341 g/mol. The highest BCUT2D eigenvalue weighted by Crippen LogP contribution is 2.21. The van der Waals surface area contributed by atoms with Crippen LogP contribution in [0.25, 0.3) is 0 Å². The van der Waals surface area contributed by atoms with Crippen molar-refractivity contribution in [2.45, 2.75) is 25.9 Å². The number of amides is 1. The van der Waals surface area contributed by atoms with Crippen LogP contribution in [0.15, 0.2) is 48.9 Å². The number of aromatic nitrogens is 4. The Balaban J connectivity index is 1.92. The third kappa shape index (κ3) is 3.60. The van der Waals surface area contributed by atoms with Crippen LogP contribution >= 0.6 is 0 Å². The lowest BCUT2D eigenvalue weighted by Crippen LogP contribution is -2.31. The zero-order valence-electron chi connectivity index (χ0n) is 14.3. The van der Waals surface area contributed by atoms with E-state index in [1.54, 1.807) is 46.0 Å². The number of hydrogen-bond donors (Lipinski definition) is 1. The number of nitrogens with one attached hydrogen (secondary N) is 1. The van der Waals surface area contributed by atoms with E-state index in [-0.39, 0.29) is 17.8 Å². The summed E-state index contributed by atoms with van der Waals surface area (Å²) in [4.78, 5) is 16.9. The maximum absolute atomic E-state index is 13.7. The molecule has 0 fully saturated rings. The van der Waals surface area contributed by atoms with Crippen LogP contribution in [0.3, 0.4) is 0 Å². The Labute approximate surface area is 145 Å². The van der Waals surface area contributed by atoms with Crippen LogP contribution in [0.5, 0.6) is 0 Å². The van der Waals surface area contributed by atoms with Gasteiger partial charge in [-0.05, 0) is 37.6 Å². The average molecular weight is 341 g/mol. The molecule has 130 valence electrons. The van der Waals surface area contributed by atoms with Crippen LogP contribution < -0.4 is 5.32 Å². The second kappa shape index (κ2) is 6.88. The summed E-state index contributed by atoms with van der Waals surface area (Å²) in [6, 6.07) is 7.38. The van der Waals surface area contributed by atoms with E-state index in [0.29, 0.717) is 17.1 Å². The van der Waals surface area contributed by atoms with E-state index in [2.05, 4.69) is 15.4 Å². The minimum atomic E-state index is -0.576. The number of nitrogens with zero attached hydrogens (tertiary/aromatic N) is 4. The van der Waals surface area contributed by atoms with Gasteiger partial charge in [0.25, 0.3) is 5.91 Å². The molecule has 0 saturated carbocycles. The molecule has 2 aromatic heterocycles. The minimum absolute atomic E-state index is 0.162. The van der Waals surface area contributed by atoms with Crippen molar-refractivity contribution >= 4 is 5.91 Å². The average Bonchev–Trinajstić information content (AvgIpc) is 3.21. The number of benzene rings is 1. The van der Waals surface area contributed by atoms with Crippen LogP contribution in [0.1, 0.15) is 47.8 Å². The minimum Gasteiger partial charge on any atom is -0.337 e. The van der Waals surface area contributed by atoms with E-state index < -0.39 is 6.04 Å². The van der Waals surface area contributed by atoms with E-state index in [0.717, 1.165) is 0 Å². The molecule has 1 aromatic carbocycles. The van der Waals surface area contributed by atoms with Gasteiger partial charge in [0.2, 0.25) is 0 Å². The fourth-order valence-electron chi connectivity index (χ4n) is 2.59. The number of carbonyl (C=O) groups excluding carboxylic acids is 1. The number of carbonyl (C=O) groups is 1. The third-order valence-corrected chi connectivity index (χ3v) is 3.94. The quantitative estimate of drug-likeness (QED) is 0.776. The lowest BCUT2D eigenvalue weighted by molar-refractivity contribution is 0.0935. The van der Waals surface area contributed by atoms with Gasteiger partial charge in [-0.25, -0.2) is 9.37 Å². The van der Waals surface area contributed by atoms with E-state index in [1.165, 1.54) is 12.1 Å². The molecule has 1 amide bonds. The van der Waals surface area contributed by atoms with E-state index >= 15 is 0 Å². The van der Waals surface area contributed by atoms with Crippen molar-refractivity contribution in [1.29, 1.82) is 0 Å². The van der Waals surface area contributed by atoms with E-state index in [4.69, 9.17) is 0 Å². The van der Waals surface area contributed by atoms with Gasteiger partial charge < -0.3 is 9.88 Å². The highest BCUT2D eigenvalue weighted by molar-refractivity contribution is 5.92. The lowest BCUT2D eigenvalue weighted by Gasteiger charge is -2.18. The summed E-state index contributed by atoms with van der Waals surface area (Å²) >= 11 is 0. The van der Waals surface area contributed by atoms with Gasteiger partial charge in [0.1, 0.15) is 23.4 Å². The third-order valence-electron chi connectivity index (χ3n) is 3.94. The summed E-state index contributed by atoms with van der Waals surface area (Å²) in [6.07, 6.45) is 5.18. The Kier molecular flexibility index (Phi) is 4.65. The Morgan fingerprint density at radius 3 is 2.64 bits per heavy atom. The summed E-state index contributed by atoms with van der Waals surface area (Å²) in [7, 11) is 1.83. The molecule has 0 aliphatic heterocycles. The van der Waals surface area contributed by atoms with Crippen molar-refractivity contribution < 1.29 is 9.18 Å². The van der Waals surface area contributed by atoms with Crippen molar-refractivity contribution in [2.75, 3.05) is 0 Å². The van der Waals surface area contributed by atoms with Gasteiger partial charge in [-0.15, -0.1) is 0 Å². The molecular weight excluding hydrogens is 321 g/mol. The number of halogens is 1. The first-order chi connectivity index (χ1) is 12.0.